The van der Waals surface area contributed by atoms with Gasteiger partial charge in [-0.2, -0.15) is 10.5 Å². The third-order valence-corrected chi connectivity index (χ3v) is 2.48. The molecule has 0 unspecified atom stereocenters. The number of nitrogens with zero attached hydrogens (tertiary/aromatic N) is 6. The zero-order valence-electron chi connectivity index (χ0n) is 11.7. The van der Waals surface area contributed by atoms with Crippen LogP contribution in [0.25, 0.3) is 0 Å². The van der Waals surface area contributed by atoms with Crippen LogP contribution in [0, 0.1) is 22.7 Å². The van der Waals surface area contributed by atoms with E-state index in [1.807, 2.05) is 19.0 Å². The Morgan fingerprint density at radius 2 is 1.80 bits per heavy atom. The standard InChI is InChI=1S/C12H18N8/c1-19(2)18-11-10(15)12(17-9-16-11)20(7-3-5-13)8-4-6-14/h9H,3-4,7-8,15H2,1-2H3,(H,16,17,18). The Bertz CT molecular complexity index is 495. The highest BCUT2D eigenvalue weighted by molar-refractivity contribution is 5.74. The lowest BCUT2D eigenvalue weighted by atomic mass is 10.3. The SMILES string of the molecule is CN(C)Nc1ncnc(N(CCC#N)CCC#N)c1N. The minimum absolute atomic E-state index is 0.339. The summed E-state index contributed by atoms with van der Waals surface area (Å²) in [6.45, 7) is 0.946. The molecule has 0 saturated carbocycles. The van der Waals surface area contributed by atoms with Crippen LogP contribution in [0.2, 0.25) is 0 Å². The summed E-state index contributed by atoms with van der Waals surface area (Å²) in [5.41, 5.74) is 9.44. The highest BCUT2D eigenvalue weighted by Crippen LogP contribution is 2.26. The number of hydrazine groups is 1. The Morgan fingerprint density at radius 1 is 1.20 bits per heavy atom. The third kappa shape index (κ3) is 4.26. The van der Waals surface area contributed by atoms with Gasteiger partial charge in [-0.1, -0.05) is 0 Å². The van der Waals surface area contributed by atoms with Gasteiger partial charge in [0, 0.05) is 27.2 Å². The number of nitrogens with one attached hydrogen (secondary N) is 1. The quantitative estimate of drug-likeness (QED) is 0.693. The molecule has 0 aromatic carbocycles. The summed E-state index contributed by atoms with van der Waals surface area (Å²) >= 11 is 0. The molecule has 0 atom stereocenters. The zero-order valence-corrected chi connectivity index (χ0v) is 11.7. The van der Waals surface area contributed by atoms with Gasteiger partial charge >= 0.3 is 0 Å². The van der Waals surface area contributed by atoms with E-state index in [1.165, 1.54) is 6.33 Å². The summed E-state index contributed by atoms with van der Waals surface area (Å²) in [6, 6.07) is 4.16. The van der Waals surface area contributed by atoms with Crippen molar-refractivity contribution < 1.29 is 0 Å². The Morgan fingerprint density at radius 3 is 2.30 bits per heavy atom. The first-order valence-corrected chi connectivity index (χ1v) is 6.13. The highest BCUT2D eigenvalue weighted by Gasteiger charge is 2.15. The monoisotopic (exact) mass is 274 g/mol. The number of nitrogen functional groups attached to an aromatic ring is 1. The van der Waals surface area contributed by atoms with Gasteiger partial charge in [-0.25, -0.2) is 15.0 Å². The Hall–Kier alpha value is -2.58. The molecule has 8 heteroatoms. The van der Waals surface area contributed by atoms with Gasteiger partial charge in [0.05, 0.1) is 25.0 Å². The molecule has 0 fully saturated rings. The number of aromatic nitrogens is 2. The van der Waals surface area contributed by atoms with Crippen LogP contribution in [0.15, 0.2) is 6.33 Å². The number of nitriles is 2. The van der Waals surface area contributed by atoms with E-state index in [9.17, 15) is 0 Å². The molecule has 1 aromatic heterocycles. The lowest BCUT2D eigenvalue weighted by molar-refractivity contribution is 0.492. The van der Waals surface area contributed by atoms with Crippen LogP contribution in [0.1, 0.15) is 12.8 Å². The fourth-order valence-corrected chi connectivity index (χ4v) is 1.63. The summed E-state index contributed by atoms with van der Waals surface area (Å²) in [4.78, 5) is 10.1. The second-order valence-corrected chi connectivity index (χ2v) is 4.27. The van der Waals surface area contributed by atoms with Gasteiger partial charge in [-0.15, -0.1) is 0 Å². The van der Waals surface area contributed by atoms with Crippen molar-refractivity contribution in [3.63, 3.8) is 0 Å². The number of hydrogen-bond acceptors (Lipinski definition) is 8. The Balaban J connectivity index is 3.00. The van der Waals surface area contributed by atoms with E-state index >= 15 is 0 Å². The van der Waals surface area contributed by atoms with E-state index < -0.39 is 0 Å². The summed E-state index contributed by atoms with van der Waals surface area (Å²) < 4.78 is 0. The van der Waals surface area contributed by atoms with Crippen molar-refractivity contribution in [2.45, 2.75) is 12.8 Å². The van der Waals surface area contributed by atoms with Crippen molar-refractivity contribution in [3.8, 4) is 12.1 Å². The molecule has 0 aliphatic carbocycles. The molecule has 0 spiro atoms. The largest absolute Gasteiger partial charge is 0.393 e. The van der Waals surface area contributed by atoms with Gasteiger partial charge in [0.15, 0.2) is 11.6 Å². The molecule has 20 heavy (non-hydrogen) atoms. The van der Waals surface area contributed by atoms with Crippen LogP contribution in [-0.2, 0) is 0 Å². The Labute approximate surface area is 118 Å². The average Bonchev–Trinajstić information content (AvgIpc) is 2.41. The molecule has 0 bridgehead atoms. The summed E-state index contributed by atoms with van der Waals surface area (Å²) in [5, 5.41) is 19.1. The van der Waals surface area contributed by atoms with Gasteiger partial charge in [0.2, 0.25) is 0 Å². The third-order valence-electron chi connectivity index (χ3n) is 2.48. The van der Waals surface area contributed by atoms with E-state index in [-0.39, 0.29) is 0 Å². The maximum absolute atomic E-state index is 8.71. The number of hydrogen-bond donors (Lipinski definition) is 2. The topological polar surface area (TPSA) is 118 Å². The fraction of sp³-hybridized carbons (Fsp3) is 0.500. The van der Waals surface area contributed by atoms with E-state index in [2.05, 4.69) is 27.5 Å². The zero-order chi connectivity index (χ0) is 15.0. The van der Waals surface area contributed by atoms with Crippen LogP contribution < -0.4 is 16.1 Å². The first kappa shape index (κ1) is 15.5. The minimum Gasteiger partial charge on any atom is -0.393 e. The average molecular weight is 274 g/mol. The van der Waals surface area contributed by atoms with Gasteiger partial charge in [-0.3, -0.25) is 0 Å². The molecule has 3 N–H and O–H groups in total. The molecule has 0 saturated heterocycles. The number of rotatable bonds is 7. The number of nitrogens with two attached hydrogens (primary N) is 1. The van der Waals surface area contributed by atoms with Crippen LogP contribution in [-0.4, -0.2) is 42.2 Å². The van der Waals surface area contributed by atoms with Gasteiger partial charge < -0.3 is 16.1 Å². The van der Waals surface area contributed by atoms with E-state index in [4.69, 9.17) is 16.3 Å². The van der Waals surface area contributed by atoms with Crippen molar-refractivity contribution in [1.82, 2.24) is 15.0 Å². The van der Waals surface area contributed by atoms with Crippen molar-refractivity contribution in [3.05, 3.63) is 6.33 Å². The number of anilines is 3. The molecule has 0 amide bonds. The maximum atomic E-state index is 8.71. The van der Waals surface area contributed by atoms with E-state index in [0.717, 1.165) is 0 Å². The first-order valence-electron chi connectivity index (χ1n) is 6.13. The van der Waals surface area contributed by atoms with Crippen molar-refractivity contribution >= 4 is 17.3 Å². The Kier molecular flexibility index (Phi) is 6.01. The molecule has 106 valence electrons. The second kappa shape index (κ2) is 7.77. The summed E-state index contributed by atoms with van der Waals surface area (Å²) in [7, 11) is 3.65. The van der Waals surface area contributed by atoms with Crippen LogP contribution in [0.5, 0.6) is 0 Å². The molecule has 1 aromatic rings. The van der Waals surface area contributed by atoms with Crippen LogP contribution in [0.4, 0.5) is 17.3 Å². The minimum atomic E-state index is 0.339. The lowest BCUT2D eigenvalue weighted by Gasteiger charge is -2.24. The normalized spacial score (nSPS) is 9.85. The van der Waals surface area contributed by atoms with Crippen molar-refractivity contribution in [1.29, 1.82) is 10.5 Å². The lowest BCUT2D eigenvalue weighted by Crippen LogP contribution is -2.28. The van der Waals surface area contributed by atoms with Crippen LogP contribution >= 0.6 is 0 Å². The van der Waals surface area contributed by atoms with Crippen molar-refractivity contribution in [2.75, 3.05) is 43.2 Å². The molecule has 8 nitrogen and oxygen atoms in total. The molecular formula is C12H18N8. The smallest absolute Gasteiger partial charge is 0.169 e. The summed E-state index contributed by atoms with van der Waals surface area (Å²) in [5.74, 6) is 1.04. The molecule has 0 aliphatic rings. The van der Waals surface area contributed by atoms with Gasteiger partial charge in [-0.05, 0) is 0 Å². The predicted octanol–water partition coefficient (Wildman–Crippen LogP) is 0.581. The van der Waals surface area contributed by atoms with Crippen LogP contribution in [0.3, 0.4) is 0 Å². The molecule has 0 radical (unpaired) electrons. The van der Waals surface area contributed by atoms with Crippen molar-refractivity contribution in [2.24, 2.45) is 0 Å². The summed E-state index contributed by atoms with van der Waals surface area (Å²) in [6.07, 6.45) is 2.08. The maximum Gasteiger partial charge on any atom is 0.169 e. The fourth-order valence-electron chi connectivity index (χ4n) is 1.63. The van der Waals surface area contributed by atoms with Gasteiger partial charge in [0.25, 0.3) is 0 Å². The highest BCUT2D eigenvalue weighted by atomic mass is 15.5. The molecular weight excluding hydrogens is 256 g/mol. The predicted molar refractivity (Wildman–Crippen MR) is 76.4 cm³/mol. The van der Waals surface area contributed by atoms with Gasteiger partial charge in [0.1, 0.15) is 12.0 Å². The second-order valence-electron chi connectivity index (χ2n) is 4.27. The molecule has 1 heterocycles. The molecule has 1 rings (SSSR count). The molecule has 0 aliphatic heterocycles. The first-order chi connectivity index (χ1) is 9.60. The van der Waals surface area contributed by atoms with E-state index in [0.29, 0.717) is 43.3 Å². The van der Waals surface area contributed by atoms with E-state index in [1.54, 1.807) is 5.01 Å².